The number of hydrogen-bond donors (Lipinski definition) is 6. The van der Waals surface area contributed by atoms with Crippen LogP contribution in [0.25, 0.3) is 0 Å². The van der Waals surface area contributed by atoms with Gasteiger partial charge < -0.3 is 30.6 Å². The molecule has 27 heavy (non-hydrogen) atoms. The summed E-state index contributed by atoms with van der Waals surface area (Å²) in [6, 6.07) is 0. The van der Waals surface area contributed by atoms with E-state index in [2.05, 4.69) is 19.7 Å². The molecule has 0 aromatic heterocycles. The topological polar surface area (TPSA) is 173 Å². The van der Waals surface area contributed by atoms with Gasteiger partial charge in [-0.1, -0.05) is 19.7 Å². The maximum absolute atomic E-state index is 9.60. The minimum absolute atomic E-state index is 0.176. The number of carbonyl (C=O) groups is 3. The average Bonchev–Trinajstić information content (AvgIpc) is 2.52. The predicted octanol–water partition coefficient (Wildman–Crippen LogP) is 1.19. The Balaban J connectivity index is -0.000000291. The summed E-state index contributed by atoms with van der Waals surface area (Å²) in [5.41, 5.74) is 0.528. The van der Waals surface area contributed by atoms with Crippen LogP contribution in [-0.2, 0) is 14.4 Å². The highest BCUT2D eigenvalue weighted by Crippen LogP contribution is 2.18. The molecule has 1 saturated carbocycles. The average molecular weight is 390 g/mol. The lowest BCUT2D eigenvalue weighted by molar-refractivity contribution is -0.133. The van der Waals surface area contributed by atoms with Gasteiger partial charge in [0, 0.05) is 23.1 Å². The number of aliphatic hydroxyl groups is 3. The van der Waals surface area contributed by atoms with Gasteiger partial charge in [-0.15, -0.1) is 0 Å². The third-order valence-corrected chi connectivity index (χ3v) is 2.85. The third kappa shape index (κ3) is 21.5. The summed E-state index contributed by atoms with van der Waals surface area (Å²) in [5, 5.41) is 50.5. The van der Waals surface area contributed by atoms with E-state index in [1.165, 1.54) is 20.8 Å². The van der Waals surface area contributed by atoms with E-state index < -0.39 is 36.2 Å². The number of carboxylic acid groups (broad SMARTS) is 3. The van der Waals surface area contributed by atoms with Gasteiger partial charge >= 0.3 is 17.9 Å². The Labute approximate surface area is 158 Å². The molecule has 0 spiro atoms. The standard InChI is InChI=1S/C6H12O3.3C4H6O2/c7-4-1-2-5(8)6(9)3-4;3*1-3(2)4(5)6/h4-9H,1-3H2;3*1H2,2H3,(H,5,6). The Hall–Kier alpha value is -2.49. The molecule has 1 fully saturated rings. The first-order valence-electron chi connectivity index (χ1n) is 7.83. The molecule has 0 aliphatic heterocycles. The fourth-order valence-electron chi connectivity index (χ4n) is 1.11. The zero-order valence-corrected chi connectivity index (χ0v) is 15.9. The van der Waals surface area contributed by atoms with Crippen molar-refractivity contribution in [1.29, 1.82) is 0 Å². The van der Waals surface area contributed by atoms with Gasteiger partial charge in [-0.25, -0.2) is 14.4 Å². The lowest BCUT2D eigenvalue weighted by Gasteiger charge is -2.26. The van der Waals surface area contributed by atoms with E-state index in [0.717, 1.165) is 0 Å². The number of hydrogen-bond acceptors (Lipinski definition) is 6. The van der Waals surface area contributed by atoms with Crippen molar-refractivity contribution in [3.63, 3.8) is 0 Å². The van der Waals surface area contributed by atoms with Crippen LogP contribution < -0.4 is 0 Å². The number of rotatable bonds is 3. The molecule has 9 heteroatoms. The second-order valence-corrected chi connectivity index (χ2v) is 5.86. The van der Waals surface area contributed by atoms with Crippen LogP contribution in [0.4, 0.5) is 0 Å². The predicted molar refractivity (Wildman–Crippen MR) is 99.2 cm³/mol. The third-order valence-electron chi connectivity index (χ3n) is 2.85. The Kier molecular flexibility index (Phi) is 17.1. The van der Waals surface area contributed by atoms with Crippen LogP contribution in [0.1, 0.15) is 40.0 Å². The second kappa shape index (κ2) is 15.7. The summed E-state index contributed by atoms with van der Waals surface area (Å²) < 4.78 is 0. The molecule has 0 bridgehead atoms. The van der Waals surface area contributed by atoms with Gasteiger partial charge in [-0.2, -0.15) is 0 Å². The normalized spacial score (nSPS) is 20.0. The Morgan fingerprint density at radius 2 is 0.926 bits per heavy atom. The first-order valence-corrected chi connectivity index (χ1v) is 7.83. The largest absolute Gasteiger partial charge is 0.478 e. The maximum atomic E-state index is 9.60. The van der Waals surface area contributed by atoms with E-state index in [-0.39, 0.29) is 16.7 Å². The quantitative estimate of drug-likeness (QED) is 0.387. The summed E-state index contributed by atoms with van der Waals surface area (Å²) >= 11 is 0. The summed E-state index contributed by atoms with van der Waals surface area (Å²) in [4.78, 5) is 28.8. The fourth-order valence-corrected chi connectivity index (χ4v) is 1.11. The molecule has 1 aliphatic carbocycles. The molecule has 156 valence electrons. The van der Waals surface area contributed by atoms with E-state index in [9.17, 15) is 14.4 Å². The van der Waals surface area contributed by atoms with Crippen molar-refractivity contribution in [2.45, 2.75) is 58.3 Å². The van der Waals surface area contributed by atoms with Gasteiger partial charge in [-0.05, 0) is 33.6 Å². The molecule has 0 saturated heterocycles. The van der Waals surface area contributed by atoms with E-state index in [1.54, 1.807) is 0 Å². The Morgan fingerprint density at radius 1 is 0.667 bits per heavy atom. The van der Waals surface area contributed by atoms with Crippen molar-refractivity contribution in [2.24, 2.45) is 0 Å². The van der Waals surface area contributed by atoms with Crippen molar-refractivity contribution in [3.05, 3.63) is 36.5 Å². The monoisotopic (exact) mass is 390 g/mol. The summed E-state index contributed by atoms with van der Waals surface area (Å²) in [6.45, 7) is 13.8. The zero-order chi connectivity index (χ0) is 22.3. The SMILES string of the molecule is C=C(C)C(=O)O.C=C(C)C(=O)O.C=C(C)C(=O)O.OC1CCC(O)C(O)C1. The van der Waals surface area contributed by atoms with Crippen LogP contribution in [0.2, 0.25) is 0 Å². The fraction of sp³-hybridized carbons (Fsp3) is 0.500. The highest BCUT2D eigenvalue weighted by molar-refractivity contribution is 5.85. The lowest BCUT2D eigenvalue weighted by Crippen LogP contribution is -2.35. The molecular weight excluding hydrogens is 360 g/mol. The van der Waals surface area contributed by atoms with Gasteiger partial charge in [0.05, 0.1) is 18.3 Å². The molecule has 6 N–H and O–H groups in total. The van der Waals surface area contributed by atoms with E-state index >= 15 is 0 Å². The van der Waals surface area contributed by atoms with Gasteiger partial charge in [-0.3, -0.25) is 0 Å². The maximum Gasteiger partial charge on any atom is 0.330 e. The van der Waals surface area contributed by atoms with Crippen LogP contribution in [0, 0.1) is 0 Å². The first kappa shape index (κ1) is 29.3. The van der Waals surface area contributed by atoms with Gasteiger partial charge in [0.15, 0.2) is 0 Å². The Morgan fingerprint density at radius 3 is 1.07 bits per heavy atom. The molecule has 0 aromatic carbocycles. The van der Waals surface area contributed by atoms with Crippen LogP contribution in [0.3, 0.4) is 0 Å². The molecule has 0 aromatic rings. The molecule has 0 amide bonds. The highest BCUT2D eigenvalue weighted by Gasteiger charge is 2.25. The van der Waals surface area contributed by atoms with Crippen LogP contribution >= 0.6 is 0 Å². The van der Waals surface area contributed by atoms with E-state index in [0.29, 0.717) is 19.3 Å². The van der Waals surface area contributed by atoms with Gasteiger partial charge in [0.2, 0.25) is 0 Å². The van der Waals surface area contributed by atoms with E-state index in [1.807, 2.05) is 0 Å². The summed E-state index contributed by atoms with van der Waals surface area (Å²) in [7, 11) is 0. The van der Waals surface area contributed by atoms with Crippen LogP contribution in [0.15, 0.2) is 36.5 Å². The molecule has 1 rings (SSSR count). The van der Waals surface area contributed by atoms with Crippen LogP contribution in [-0.4, -0.2) is 66.9 Å². The molecule has 3 unspecified atom stereocenters. The zero-order valence-electron chi connectivity index (χ0n) is 15.9. The molecule has 9 nitrogen and oxygen atoms in total. The molecular formula is C18H30O9. The number of aliphatic carboxylic acids is 3. The van der Waals surface area contributed by atoms with Crippen molar-refractivity contribution in [3.8, 4) is 0 Å². The minimum Gasteiger partial charge on any atom is -0.478 e. The smallest absolute Gasteiger partial charge is 0.330 e. The molecule has 3 atom stereocenters. The Bertz CT molecular complexity index is 444. The summed E-state index contributed by atoms with van der Waals surface area (Å²) in [5.74, 6) is -2.81. The molecule has 1 aliphatic rings. The van der Waals surface area contributed by atoms with Crippen LogP contribution in [0.5, 0.6) is 0 Å². The second-order valence-electron chi connectivity index (χ2n) is 5.86. The van der Waals surface area contributed by atoms with Gasteiger partial charge in [0.25, 0.3) is 0 Å². The molecule has 0 heterocycles. The lowest BCUT2D eigenvalue weighted by atomic mass is 9.93. The number of carboxylic acids is 3. The number of aliphatic hydroxyl groups excluding tert-OH is 3. The van der Waals surface area contributed by atoms with Crippen molar-refractivity contribution in [1.82, 2.24) is 0 Å². The van der Waals surface area contributed by atoms with Crippen molar-refractivity contribution < 1.29 is 45.0 Å². The van der Waals surface area contributed by atoms with Gasteiger partial charge in [0.1, 0.15) is 0 Å². The highest BCUT2D eigenvalue weighted by atomic mass is 16.4. The minimum atomic E-state index is -0.935. The van der Waals surface area contributed by atoms with Crippen molar-refractivity contribution >= 4 is 17.9 Å². The first-order chi connectivity index (χ1) is 12.1. The molecule has 0 radical (unpaired) electrons. The van der Waals surface area contributed by atoms with Crippen molar-refractivity contribution in [2.75, 3.05) is 0 Å². The van der Waals surface area contributed by atoms with E-state index in [4.69, 9.17) is 30.6 Å². The summed E-state index contributed by atoms with van der Waals surface area (Å²) in [6.07, 6.45) is -0.299.